The Hall–Kier alpha value is -1.58. The van der Waals surface area contributed by atoms with Crippen LogP contribution in [0.4, 0.5) is 0 Å². The highest BCUT2D eigenvalue weighted by Crippen LogP contribution is 2.36. The van der Waals surface area contributed by atoms with Crippen LogP contribution < -0.4 is 5.56 Å². The van der Waals surface area contributed by atoms with Gasteiger partial charge in [-0.2, -0.15) is 5.26 Å². The van der Waals surface area contributed by atoms with Crippen LogP contribution in [0.2, 0.25) is 0 Å². The second-order valence-electron chi connectivity index (χ2n) is 6.24. The summed E-state index contributed by atoms with van der Waals surface area (Å²) < 4.78 is 1.73. The Morgan fingerprint density at radius 1 is 1.58 bits per heavy atom. The summed E-state index contributed by atoms with van der Waals surface area (Å²) in [6.45, 7) is 6.52. The molecule has 0 bridgehead atoms. The van der Waals surface area contributed by atoms with Gasteiger partial charge in [-0.3, -0.25) is 9.36 Å². The van der Waals surface area contributed by atoms with Crippen LogP contribution >= 0.6 is 23.1 Å². The van der Waals surface area contributed by atoms with Gasteiger partial charge in [0.25, 0.3) is 5.56 Å². The summed E-state index contributed by atoms with van der Waals surface area (Å²) in [4.78, 5) is 20.1. The highest BCUT2D eigenvalue weighted by atomic mass is 32.2. The van der Waals surface area contributed by atoms with Crippen molar-refractivity contribution in [3.63, 3.8) is 0 Å². The van der Waals surface area contributed by atoms with Crippen LogP contribution in [0, 0.1) is 17.2 Å². The van der Waals surface area contributed by atoms with Crippen LogP contribution in [0.1, 0.15) is 36.6 Å². The summed E-state index contributed by atoms with van der Waals surface area (Å²) in [6.07, 6.45) is 6.27. The number of aromatic nitrogens is 2. The summed E-state index contributed by atoms with van der Waals surface area (Å²) in [6, 6.07) is 2.16. The van der Waals surface area contributed by atoms with E-state index in [9.17, 15) is 4.79 Å². The molecule has 2 aromatic rings. The molecule has 1 unspecified atom stereocenters. The van der Waals surface area contributed by atoms with Crippen molar-refractivity contribution in [2.45, 2.75) is 50.7 Å². The summed E-state index contributed by atoms with van der Waals surface area (Å²) in [7, 11) is 0. The molecule has 0 fully saturated rings. The maximum atomic E-state index is 13.1. The maximum Gasteiger partial charge on any atom is 0.263 e. The van der Waals surface area contributed by atoms with Crippen LogP contribution in [0.5, 0.6) is 0 Å². The highest BCUT2D eigenvalue weighted by Gasteiger charge is 2.24. The van der Waals surface area contributed by atoms with Gasteiger partial charge in [-0.15, -0.1) is 17.9 Å². The average Bonchev–Trinajstić information content (AvgIpc) is 2.92. The zero-order chi connectivity index (χ0) is 17.1. The predicted molar refractivity (Wildman–Crippen MR) is 101 cm³/mol. The molecule has 1 aliphatic rings. The van der Waals surface area contributed by atoms with Gasteiger partial charge in [-0.05, 0) is 37.2 Å². The molecule has 24 heavy (non-hydrogen) atoms. The number of rotatable bonds is 6. The Kier molecular flexibility index (Phi) is 5.42. The van der Waals surface area contributed by atoms with Gasteiger partial charge < -0.3 is 0 Å². The fraction of sp³-hybridized carbons (Fsp3) is 0.500. The van der Waals surface area contributed by atoms with Crippen molar-refractivity contribution in [1.29, 1.82) is 5.26 Å². The van der Waals surface area contributed by atoms with E-state index < -0.39 is 0 Å². The minimum atomic E-state index is 0.0646. The van der Waals surface area contributed by atoms with Gasteiger partial charge in [-0.25, -0.2) is 4.98 Å². The second kappa shape index (κ2) is 7.54. The largest absolute Gasteiger partial charge is 0.283 e. The number of fused-ring (bicyclic) bond motifs is 3. The number of nitriles is 1. The summed E-state index contributed by atoms with van der Waals surface area (Å²) in [5.41, 5.74) is 1.29. The van der Waals surface area contributed by atoms with Crippen LogP contribution in [0.25, 0.3) is 10.2 Å². The first-order valence-electron chi connectivity index (χ1n) is 8.31. The van der Waals surface area contributed by atoms with Crippen LogP contribution in [-0.2, 0) is 19.4 Å². The molecule has 2 heterocycles. The molecule has 1 aliphatic carbocycles. The fourth-order valence-electron chi connectivity index (χ4n) is 3.12. The molecule has 0 amide bonds. The number of thiophene rings is 1. The zero-order valence-corrected chi connectivity index (χ0v) is 15.5. The standard InChI is InChI=1S/C18H21N3OS2/c1-3-9-21-17(22)15-13-7-6-12(2)11-14(13)24-16(15)20-18(21)23-10-5-4-8-19/h3,12H,1,4-7,9-11H2,2H3. The van der Waals surface area contributed by atoms with Gasteiger partial charge >= 0.3 is 0 Å². The molecule has 0 aliphatic heterocycles. The SMILES string of the molecule is C=CCn1c(SCCCC#N)nc2sc3c(c2c1=O)CCC(C)C3. The van der Waals surface area contributed by atoms with E-state index in [1.54, 1.807) is 33.7 Å². The Bertz CT molecular complexity index is 860. The van der Waals surface area contributed by atoms with Crippen molar-refractivity contribution in [3.05, 3.63) is 33.4 Å². The normalized spacial score (nSPS) is 16.8. The number of unbranched alkanes of at least 4 members (excludes halogenated alkanes) is 1. The van der Waals surface area contributed by atoms with Gasteiger partial charge in [-0.1, -0.05) is 24.8 Å². The number of hydrogen-bond donors (Lipinski definition) is 0. The second-order valence-corrected chi connectivity index (χ2v) is 8.39. The molecule has 0 saturated heterocycles. The lowest BCUT2D eigenvalue weighted by Gasteiger charge is -2.17. The lowest BCUT2D eigenvalue weighted by atomic mass is 9.89. The van der Waals surface area contributed by atoms with Crippen molar-refractivity contribution in [3.8, 4) is 6.07 Å². The summed E-state index contributed by atoms with van der Waals surface area (Å²) in [5, 5.41) is 10.2. The van der Waals surface area contributed by atoms with E-state index in [2.05, 4.69) is 19.6 Å². The topological polar surface area (TPSA) is 58.7 Å². The third kappa shape index (κ3) is 3.28. The molecule has 0 saturated carbocycles. The van der Waals surface area contributed by atoms with Gasteiger partial charge in [0, 0.05) is 23.6 Å². The van der Waals surface area contributed by atoms with E-state index in [0.717, 1.165) is 46.8 Å². The summed E-state index contributed by atoms with van der Waals surface area (Å²) >= 11 is 3.25. The lowest BCUT2D eigenvalue weighted by molar-refractivity contribution is 0.509. The van der Waals surface area contributed by atoms with Crippen LogP contribution in [-0.4, -0.2) is 15.3 Å². The van der Waals surface area contributed by atoms with Crippen molar-refractivity contribution in [2.24, 2.45) is 5.92 Å². The summed E-state index contributed by atoms with van der Waals surface area (Å²) in [5.74, 6) is 1.48. The third-order valence-electron chi connectivity index (χ3n) is 4.36. The molecule has 3 rings (SSSR count). The van der Waals surface area contributed by atoms with Crippen molar-refractivity contribution in [1.82, 2.24) is 9.55 Å². The number of thioether (sulfide) groups is 1. The smallest absolute Gasteiger partial charge is 0.263 e. The van der Waals surface area contributed by atoms with Gasteiger partial charge in [0.2, 0.25) is 0 Å². The van der Waals surface area contributed by atoms with Crippen LogP contribution in [0.15, 0.2) is 22.6 Å². The molecule has 6 heteroatoms. The minimum absolute atomic E-state index is 0.0646. The van der Waals surface area contributed by atoms with E-state index in [0.29, 0.717) is 18.9 Å². The highest BCUT2D eigenvalue weighted by molar-refractivity contribution is 7.99. The minimum Gasteiger partial charge on any atom is -0.283 e. The first-order chi connectivity index (χ1) is 11.7. The molecular formula is C18H21N3OS2. The Morgan fingerprint density at radius 3 is 3.17 bits per heavy atom. The van der Waals surface area contributed by atoms with E-state index in [1.165, 1.54) is 10.4 Å². The Morgan fingerprint density at radius 2 is 2.42 bits per heavy atom. The molecule has 2 aromatic heterocycles. The number of nitrogens with zero attached hydrogens (tertiary/aromatic N) is 3. The van der Waals surface area contributed by atoms with Crippen molar-refractivity contribution >= 4 is 33.3 Å². The fourth-order valence-corrected chi connectivity index (χ4v) is 5.49. The van der Waals surface area contributed by atoms with E-state index in [1.807, 2.05) is 0 Å². The first-order valence-corrected chi connectivity index (χ1v) is 10.1. The lowest BCUT2D eigenvalue weighted by Crippen LogP contribution is -2.23. The Balaban J connectivity index is 2.05. The zero-order valence-electron chi connectivity index (χ0n) is 13.9. The van der Waals surface area contributed by atoms with Gasteiger partial charge in [0.05, 0.1) is 11.5 Å². The maximum absolute atomic E-state index is 13.1. The van der Waals surface area contributed by atoms with E-state index >= 15 is 0 Å². The number of hydrogen-bond acceptors (Lipinski definition) is 5. The third-order valence-corrected chi connectivity index (χ3v) is 6.57. The first kappa shape index (κ1) is 17.2. The monoisotopic (exact) mass is 359 g/mol. The van der Waals surface area contributed by atoms with Crippen molar-refractivity contribution in [2.75, 3.05) is 5.75 Å². The molecule has 0 spiro atoms. The van der Waals surface area contributed by atoms with Gasteiger partial charge in [0.1, 0.15) is 4.83 Å². The quantitative estimate of drug-likeness (QED) is 0.336. The number of allylic oxidation sites excluding steroid dienone is 1. The molecular weight excluding hydrogens is 338 g/mol. The molecule has 0 aromatic carbocycles. The molecule has 4 nitrogen and oxygen atoms in total. The molecule has 126 valence electrons. The van der Waals surface area contributed by atoms with Gasteiger partial charge in [0.15, 0.2) is 5.16 Å². The van der Waals surface area contributed by atoms with E-state index in [4.69, 9.17) is 10.2 Å². The molecule has 0 radical (unpaired) electrons. The van der Waals surface area contributed by atoms with E-state index in [-0.39, 0.29) is 5.56 Å². The molecule has 1 atom stereocenters. The molecule has 0 N–H and O–H groups in total. The number of aryl methyl sites for hydroxylation is 1. The predicted octanol–water partition coefficient (Wildman–Crippen LogP) is 4.16. The average molecular weight is 360 g/mol. The Labute approximate surface area is 150 Å². The van der Waals surface area contributed by atoms with Crippen molar-refractivity contribution < 1.29 is 0 Å². The van der Waals surface area contributed by atoms with Crippen LogP contribution in [0.3, 0.4) is 0 Å².